The van der Waals surface area contributed by atoms with Crippen molar-refractivity contribution in [1.29, 1.82) is 0 Å². The van der Waals surface area contributed by atoms with E-state index in [0.717, 1.165) is 90.0 Å². The van der Waals surface area contributed by atoms with E-state index in [1.165, 1.54) is 17.7 Å². The van der Waals surface area contributed by atoms with Crippen LogP contribution in [0.5, 0.6) is 23.0 Å². The number of fused-ring (bicyclic) bond motifs is 7. The highest BCUT2D eigenvalue weighted by molar-refractivity contribution is 6.07. The Morgan fingerprint density at radius 1 is 0.622 bits per heavy atom. The molecule has 0 unspecified atom stereocenters. The van der Waals surface area contributed by atoms with Gasteiger partial charge in [0.15, 0.2) is 23.0 Å². The van der Waals surface area contributed by atoms with E-state index >= 15 is 0 Å². The average Bonchev–Trinajstić information content (AvgIpc) is 1.75. The van der Waals surface area contributed by atoms with Gasteiger partial charge in [-0.15, -0.1) is 0 Å². The summed E-state index contributed by atoms with van der Waals surface area (Å²) in [5.41, 5.74) is 11.6. The monoisotopic (exact) mass is 1210 g/mol. The lowest BCUT2D eigenvalue weighted by Gasteiger charge is -2.34. The molecule has 3 N–H and O–H groups in total. The number of nitrogens with zero attached hydrogens (tertiary/aromatic N) is 7. The molecule has 1 aliphatic carbocycles. The third-order valence-corrected chi connectivity index (χ3v) is 17.9. The molecule has 0 aromatic heterocycles. The van der Waals surface area contributed by atoms with Gasteiger partial charge >= 0.3 is 6.09 Å². The zero-order valence-electron chi connectivity index (χ0n) is 51.6. The number of likely N-dealkylation sites (N-methyl/N-ethyl adjacent to an activating group) is 1. The average molecular weight is 1210 g/mol. The predicted molar refractivity (Wildman–Crippen MR) is 348 cm³/mol. The van der Waals surface area contributed by atoms with E-state index in [1.54, 1.807) is 80.3 Å². The lowest BCUT2D eigenvalue weighted by molar-refractivity contribution is -0.130. The fourth-order valence-electron chi connectivity index (χ4n) is 13.0. The maximum absolute atomic E-state index is 14.2. The van der Waals surface area contributed by atoms with E-state index in [-0.39, 0.29) is 36.4 Å². The highest BCUT2D eigenvalue weighted by atomic mass is 16.5. The van der Waals surface area contributed by atoms with E-state index in [0.29, 0.717) is 77.2 Å². The minimum absolute atomic E-state index is 0.0660. The molecular weight excluding hydrogens is 1140 g/mol. The number of nitrogens with one attached hydrogen (secondary N) is 2. The summed E-state index contributed by atoms with van der Waals surface area (Å²) in [7, 11) is 5.26. The van der Waals surface area contributed by atoms with Crippen LogP contribution in [-0.2, 0) is 9.59 Å². The molecule has 5 aliphatic heterocycles. The van der Waals surface area contributed by atoms with E-state index in [1.807, 2.05) is 79.3 Å². The first-order chi connectivity index (χ1) is 43.6. The number of unbranched alkanes of at least 4 members (excludes halogenated alkanes) is 2. The largest absolute Gasteiger partial charge is 0.493 e. The second kappa shape index (κ2) is 26.1. The number of piperazine rings is 1. The molecule has 6 aromatic carbocycles. The van der Waals surface area contributed by atoms with Gasteiger partial charge < -0.3 is 54.3 Å². The minimum Gasteiger partial charge on any atom is -0.493 e. The molecule has 1 fully saturated rings. The fraction of sp³-hybridized carbons (Fsp3) is 0.338. The molecular formula is C71H75N9O10. The Kier molecular flexibility index (Phi) is 17.6. The van der Waals surface area contributed by atoms with Gasteiger partial charge in [-0.1, -0.05) is 86.6 Å². The van der Waals surface area contributed by atoms with E-state index in [9.17, 15) is 29.1 Å². The van der Waals surface area contributed by atoms with Crippen molar-refractivity contribution in [3.8, 4) is 34.1 Å². The molecule has 0 saturated carbocycles. The fourth-order valence-corrected chi connectivity index (χ4v) is 13.0. The number of amides is 5. The maximum Gasteiger partial charge on any atom is 0.408 e. The zero-order valence-corrected chi connectivity index (χ0v) is 51.6. The van der Waals surface area contributed by atoms with Crippen LogP contribution < -0.4 is 34.5 Å². The second-order valence-corrected chi connectivity index (χ2v) is 24.1. The van der Waals surface area contributed by atoms with Crippen LogP contribution in [0.3, 0.4) is 0 Å². The smallest absolute Gasteiger partial charge is 0.408 e. The van der Waals surface area contributed by atoms with Crippen molar-refractivity contribution < 1.29 is 48.0 Å². The SMILES string of the molecule is COc1cc2c(cc1OCCCCCOc1cc3c(cc1OC)C(=O)N1C=C(c4ccc(N5CCN(C)CC5)cc4)C[C@H]1C=N3)N=C[C@@H]1CC(c3ccc(NC(=O)[C@H](C)NC(=O)[C@H](C(C)C)N(CC4c5ccccc5-c5ccccc54)C(=O)O)cc3)=CN1C2=O. The van der Waals surface area contributed by atoms with Gasteiger partial charge in [0.05, 0.1) is 62.0 Å². The van der Waals surface area contributed by atoms with Gasteiger partial charge in [0, 0.05) is 99.8 Å². The van der Waals surface area contributed by atoms with Crippen molar-refractivity contribution >= 4 is 76.0 Å². The first-order valence-electron chi connectivity index (χ1n) is 30.9. The van der Waals surface area contributed by atoms with Crippen LogP contribution in [0.25, 0.3) is 22.3 Å². The lowest BCUT2D eigenvalue weighted by atomic mass is 9.94. The van der Waals surface area contributed by atoms with Gasteiger partial charge in [0.1, 0.15) is 12.1 Å². The Morgan fingerprint density at radius 2 is 1.12 bits per heavy atom. The highest BCUT2D eigenvalue weighted by Crippen LogP contribution is 2.46. The van der Waals surface area contributed by atoms with Gasteiger partial charge in [-0.3, -0.25) is 34.1 Å². The molecule has 90 heavy (non-hydrogen) atoms. The van der Waals surface area contributed by atoms with Crippen molar-refractivity contribution in [2.24, 2.45) is 15.9 Å². The van der Waals surface area contributed by atoms with Gasteiger partial charge in [0.2, 0.25) is 11.8 Å². The summed E-state index contributed by atoms with van der Waals surface area (Å²) < 4.78 is 23.9. The second-order valence-electron chi connectivity index (χ2n) is 24.1. The molecule has 6 aromatic rings. The Hall–Kier alpha value is -9.75. The van der Waals surface area contributed by atoms with Crippen LogP contribution in [0.15, 0.2) is 144 Å². The van der Waals surface area contributed by atoms with Crippen molar-refractivity contribution in [1.82, 2.24) is 24.9 Å². The summed E-state index contributed by atoms with van der Waals surface area (Å²) in [5.74, 6) is -0.202. The number of anilines is 2. The molecule has 5 amide bonds. The minimum atomic E-state index is -1.22. The van der Waals surface area contributed by atoms with Crippen LogP contribution >= 0.6 is 0 Å². The Morgan fingerprint density at radius 3 is 1.61 bits per heavy atom. The van der Waals surface area contributed by atoms with Crippen molar-refractivity contribution in [2.75, 3.05) is 77.4 Å². The quantitative estimate of drug-likeness (QED) is 0.0575. The molecule has 12 rings (SSSR count). The Labute approximate surface area is 524 Å². The van der Waals surface area contributed by atoms with Crippen molar-refractivity contribution in [2.45, 2.75) is 83.0 Å². The van der Waals surface area contributed by atoms with Crippen LogP contribution in [0.2, 0.25) is 0 Å². The number of carbonyl (C=O) groups excluding carboxylic acids is 4. The first kappa shape index (κ1) is 60.5. The number of rotatable bonds is 21. The maximum atomic E-state index is 14.2. The number of carbonyl (C=O) groups is 5. The number of hydrogen-bond acceptors (Lipinski definition) is 13. The van der Waals surface area contributed by atoms with Gasteiger partial charge in [-0.25, -0.2) is 4.79 Å². The summed E-state index contributed by atoms with van der Waals surface area (Å²) in [6, 6.07) is 36.1. The summed E-state index contributed by atoms with van der Waals surface area (Å²) in [6.07, 6.45) is 9.61. The number of aliphatic imine (C=N–C) groups is 2. The third-order valence-electron chi connectivity index (χ3n) is 17.9. The third kappa shape index (κ3) is 12.4. The molecule has 464 valence electrons. The standard InChI is InChI=1S/C71H75N9O10/c1-43(2)66(80(71(85)86)42-59-55-16-10-8-14-53(55)54-15-9-11-17-56(54)59)68(82)74-44(3)67(81)75-49-22-18-45(19-23-49)47-32-51-38-72-60-36-64(62(87-5)34-57(60)69(83)78(51)40-47)89-30-12-7-13-31-90-65-37-61-58(35-63(65)88-6)70(84)79-41-48(33-52(79)39-73-61)46-20-24-50(25-21-46)77-28-26-76(4)27-29-77/h8-11,14-25,34-41,43-44,51-52,59,66H,7,12-13,26-33,42H2,1-6H3,(H,74,82)(H,75,81)(H,85,86)/t44-,51-,52-,66-/m0/s1. The lowest BCUT2D eigenvalue weighted by Crippen LogP contribution is -2.56. The number of carboxylic acid groups (broad SMARTS) is 1. The van der Waals surface area contributed by atoms with E-state index in [4.69, 9.17) is 28.9 Å². The molecule has 0 spiro atoms. The Bertz CT molecular complexity index is 3830. The first-order valence-corrected chi connectivity index (χ1v) is 30.9. The highest BCUT2D eigenvalue weighted by Gasteiger charge is 2.40. The molecule has 0 bridgehead atoms. The van der Waals surface area contributed by atoms with Gasteiger partial charge in [0.25, 0.3) is 11.8 Å². The summed E-state index contributed by atoms with van der Waals surface area (Å²) >= 11 is 0. The van der Waals surface area contributed by atoms with E-state index < -0.39 is 35.9 Å². The van der Waals surface area contributed by atoms with E-state index in [2.05, 4.69) is 51.7 Å². The number of ether oxygens (including phenoxy) is 4. The molecule has 0 radical (unpaired) electrons. The predicted octanol–water partition coefficient (Wildman–Crippen LogP) is 11.3. The van der Waals surface area contributed by atoms with Crippen LogP contribution in [0, 0.1) is 5.92 Å². The van der Waals surface area contributed by atoms with Crippen LogP contribution in [-0.4, -0.2) is 158 Å². The van der Waals surface area contributed by atoms with Gasteiger partial charge in [-0.05, 0) is 120 Å². The van der Waals surface area contributed by atoms with Gasteiger partial charge in [-0.2, -0.15) is 0 Å². The molecule has 6 aliphatic rings. The summed E-state index contributed by atoms with van der Waals surface area (Å²) in [4.78, 5) is 87.7. The molecule has 19 nitrogen and oxygen atoms in total. The normalized spacial score (nSPS) is 18.0. The summed E-state index contributed by atoms with van der Waals surface area (Å²) in [5, 5.41) is 16.2. The van der Waals surface area contributed by atoms with Crippen LogP contribution in [0.4, 0.5) is 27.5 Å². The molecule has 19 heteroatoms. The molecule has 1 saturated heterocycles. The topological polar surface area (TPSA) is 207 Å². The van der Waals surface area contributed by atoms with Crippen molar-refractivity contribution in [3.05, 3.63) is 167 Å². The number of benzene rings is 6. The van der Waals surface area contributed by atoms with Crippen LogP contribution in [0.1, 0.15) is 102 Å². The van der Waals surface area contributed by atoms with Crippen molar-refractivity contribution in [3.63, 3.8) is 0 Å². The Balaban J connectivity index is 0.606. The molecule has 5 heterocycles. The summed E-state index contributed by atoms with van der Waals surface area (Å²) in [6.45, 7) is 10.1. The zero-order chi connectivity index (χ0) is 62.7. The molecule has 4 atom stereocenters. The number of methoxy groups -OCH3 is 2. The number of hydrogen-bond donors (Lipinski definition) is 3.